The fourth-order valence-corrected chi connectivity index (χ4v) is 5.61. The van der Waals surface area contributed by atoms with Crippen molar-refractivity contribution >= 4 is 17.5 Å². The van der Waals surface area contributed by atoms with Crippen LogP contribution in [-0.4, -0.2) is 35.6 Å². The van der Waals surface area contributed by atoms with Crippen LogP contribution in [-0.2, 0) is 6.54 Å². The average molecular weight is 678 g/mol. The minimum atomic E-state index is -0.703. The van der Waals surface area contributed by atoms with Crippen LogP contribution in [0.1, 0.15) is 22.0 Å². The van der Waals surface area contributed by atoms with Gasteiger partial charge in [0.15, 0.2) is 5.82 Å². The molecule has 13 heteroatoms. The van der Waals surface area contributed by atoms with E-state index in [1.165, 1.54) is 30.6 Å². The third-order valence-electron chi connectivity index (χ3n) is 7.72. The number of benzene rings is 4. The van der Waals surface area contributed by atoms with Crippen LogP contribution < -0.4 is 5.32 Å². The SMILES string of the molecule is O=C(NC(Cn1ccnc1)c1ccc(-c2ccc(F)cc2)cc1Cl)c1ccc(-c2nnc(-c3cc(F)cc(-c4ncncc4F)c3)o2)cc1. The maximum atomic E-state index is 14.5. The van der Waals surface area contributed by atoms with Crippen LogP contribution in [0.3, 0.4) is 0 Å². The van der Waals surface area contributed by atoms with Gasteiger partial charge in [0.2, 0.25) is 11.8 Å². The predicted molar refractivity (Wildman–Crippen MR) is 175 cm³/mol. The highest BCUT2D eigenvalue weighted by atomic mass is 35.5. The second-order valence-electron chi connectivity index (χ2n) is 11.0. The smallest absolute Gasteiger partial charge is 0.251 e. The summed E-state index contributed by atoms with van der Waals surface area (Å²) in [6.07, 6.45) is 7.23. The van der Waals surface area contributed by atoms with Gasteiger partial charge >= 0.3 is 0 Å². The highest BCUT2D eigenvalue weighted by Crippen LogP contribution is 2.32. The van der Waals surface area contributed by atoms with E-state index >= 15 is 0 Å². The molecule has 9 nitrogen and oxygen atoms in total. The van der Waals surface area contributed by atoms with Crippen LogP contribution in [0.2, 0.25) is 5.02 Å². The number of nitrogens with one attached hydrogen (secondary N) is 1. The van der Waals surface area contributed by atoms with E-state index in [4.69, 9.17) is 16.0 Å². The second-order valence-corrected chi connectivity index (χ2v) is 11.4. The number of imidazole rings is 1. The van der Waals surface area contributed by atoms with Gasteiger partial charge in [0, 0.05) is 46.2 Å². The first kappa shape index (κ1) is 31.5. The van der Waals surface area contributed by atoms with Gasteiger partial charge in [-0.1, -0.05) is 35.9 Å². The number of rotatable bonds is 9. The molecule has 1 amide bonds. The van der Waals surface area contributed by atoms with Crippen molar-refractivity contribution in [1.29, 1.82) is 0 Å². The van der Waals surface area contributed by atoms with Crippen molar-refractivity contribution in [3.63, 3.8) is 0 Å². The summed E-state index contributed by atoms with van der Waals surface area (Å²) in [5.74, 6) is -1.89. The minimum absolute atomic E-state index is 0.0108. The van der Waals surface area contributed by atoms with Crippen LogP contribution >= 0.6 is 11.6 Å². The van der Waals surface area contributed by atoms with Gasteiger partial charge in [-0.2, -0.15) is 0 Å². The quantitative estimate of drug-likeness (QED) is 0.165. The lowest BCUT2D eigenvalue weighted by Gasteiger charge is -2.21. The van der Waals surface area contributed by atoms with Crippen LogP contribution in [0.4, 0.5) is 13.2 Å². The Morgan fingerprint density at radius 2 is 1.51 bits per heavy atom. The molecule has 3 heterocycles. The normalized spacial score (nSPS) is 11.8. The molecule has 3 aromatic heterocycles. The standard InChI is InChI=1S/C36H23ClF3N7O2/c37-30-16-24(21-5-8-27(38)9-6-21)7-10-29(30)32(18-47-12-11-41-20-47)44-34(48)22-1-3-23(4-2-22)35-45-46-36(49-35)26-13-25(14-28(39)15-26)33-31(40)17-42-19-43-33/h1-17,19-20,32H,18H2,(H,44,48). The Balaban J connectivity index is 1.10. The third-order valence-corrected chi connectivity index (χ3v) is 8.04. The Morgan fingerprint density at radius 3 is 2.22 bits per heavy atom. The molecule has 0 aliphatic carbocycles. The maximum absolute atomic E-state index is 14.5. The van der Waals surface area contributed by atoms with Crippen molar-refractivity contribution in [2.24, 2.45) is 0 Å². The van der Waals surface area contributed by atoms with Gasteiger partial charge in [-0.25, -0.2) is 28.1 Å². The maximum Gasteiger partial charge on any atom is 0.251 e. The van der Waals surface area contributed by atoms with Gasteiger partial charge in [0.1, 0.15) is 23.7 Å². The molecule has 7 rings (SSSR count). The molecule has 0 spiro atoms. The first-order chi connectivity index (χ1) is 23.8. The molecule has 0 radical (unpaired) electrons. The largest absolute Gasteiger partial charge is 0.416 e. The molecule has 0 fully saturated rings. The summed E-state index contributed by atoms with van der Waals surface area (Å²) in [5, 5.41) is 11.6. The summed E-state index contributed by atoms with van der Waals surface area (Å²) in [5.41, 5.74) is 3.52. The highest BCUT2D eigenvalue weighted by molar-refractivity contribution is 6.31. The van der Waals surface area contributed by atoms with E-state index in [0.29, 0.717) is 28.3 Å². The van der Waals surface area contributed by atoms with Gasteiger partial charge in [-0.05, 0) is 77.4 Å². The van der Waals surface area contributed by atoms with Crippen molar-refractivity contribution in [3.8, 4) is 45.3 Å². The van der Waals surface area contributed by atoms with Crippen molar-refractivity contribution in [2.75, 3.05) is 0 Å². The number of carbonyl (C=O) groups is 1. The van der Waals surface area contributed by atoms with E-state index in [1.54, 1.807) is 61.2 Å². The monoisotopic (exact) mass is 677 g/mol. The summed E-state index contributed by atoms with van der Waals surface area (Å²) in [4.78, 5) is 25.1. The fourth-order valence-electron chi connectivity index (χ4n) is 5.30. The lowest BCUT2D eigenvalue weighted by molar-refractivity contribution is 0.0932. The number of nitrogens with zero attached hydrogens (tertiary/aromatic N) is 6. The molecule has 1 N–H and O–H groups in total. The molecule has 0 aliphatic heterocycles. The Kier molecular flexibility index (Phi) is 8.69. The van der Waals surface area contributed by atoms with Crippen molar-refractivity contribution in [2.45, 2.75) is 12.6 Å². The molecule has 0 bridgehead atoms. The minimum Gasteiger partial charge on any atom is -0.416 e. The summed E-state index contributed by atoms with van der Waals surface area (Å²) in [7, 11) is 0. The lowest BCUT2D eigenvalue weighted by Crippen LogP contribution is -2.31. The number of hydrogen-bond acceptors (Lipinski definition) is 7. The molecule has 1 unspecified atom stereocenters. The van der Waals surface area contributed by atoms with Crippen molar-refractivity contribution in [3.05, 3.63) is 150 Å². The fraction of sp³-hybridized carbons (Fsp3) is 0.0556. The molecule has 0 saturated carbocycles. The molecule has 4 aromatic carbocycles. The average Bonchev–Trinajstić information content (AvgIpc) is 3.82. The van der Waals surface area contributed by atoms with Gasteiger partial charge in [0.05, 0.1) is 18.6 Å². The van der Waals surface area contributed by atoms with Crippen LogP contribution in [0.15, 0.2) is 121 Å². The Hall–Kier alpha value is -6.14. The summed E-state index contributed by atoms with van der Waals surface area (Å²) >= 11 is 6.75. The van der Waals surface area contributed by atoms with E-state index in [1.807, 2.05) is 16.7 Å². The van der Waals surface area contributed by atoms with E-state index in [9.17, 15) is 18.0 Å². The Labute approximate surface area is 282 Å². The molecule has 0 saturated heterocycles. The van der Waals surface area contributed by atoms with E-state index in [-0.39, 0.29) is 40.3 Å². The summed E-state index contributed by atoms with van der Waals surface area (Å²) < 4.78 is 49.8. The number of amides is 1. The molecule has 7 aromatic rings. The predicted octanol–water partition coefficient (Wildman–Crippen LogP) is 7.97. The first-order valence-electron chi connectivity index (χ1n) is 14.8. The van der Waals surface area contributed by atoms with Crippen LogP contribution in [0.25, 0.3) is 45.3 Å². The topological polar surface area (TPSA) is 112 Å². The highest BCUT2D eigenvalue weighted by Gasteiger charge is 2.21. The first-order valence-corrected chi connectivity index (χ1v) is 15.2. The van der Waals surface area contributed by atoms with Gasteiger partial charge in [0.25, 0.3) is 5.91 Å². The molecular weight excluding hydrogens is 655 g/mol. The zero-order valence-corrected chi connectivity index (χ0v) is 26.0. The zero-order chi connectivity index (χ0) is 33.9. The van der Waals surface area contributed by atoms with E-state index in [2.05, 4.69) is 30.5 Å². The van der Waals surface area contributed by atoms with Crippen molar-refractivity contribution < 1.29 is 22.4 Å². The summed E-state index contributed by atoms with van der Waals surface area (Å²) in [6.45, 7) is 0.357. The van der Waals surface area contributed by atoms with Crippen molar-refractivity contribution in [1.82, 2.24) is 35.0 Å². The molecule has 49 heavy (non-hydrogen) atoms. The number of aromatic nitrogens is 6. The van der Waals surface area contributed by atoms with E-state index in [0.717, 1.165) is 23.4 Å². The third kappa shape index (κ3) is 6.94. The second kappa shape index (κ2) is 13.5. The Bertz CT molecular complexity index is 2260. The number of carbonyl (C=O) groups excluding carboxylic acids is 1. The number of halogens is 4. The van der Waals surface area contributed by atoms with Crippen LogP contribution in [0, 0.1) is 17.5 Å². The molecule has 242 valence electrons. The van der Waals surface area contributed by atoms with Crippen LogP contribution in [0.5, 0.6) is 0 Å². The number of hydrogen-bond donors (Lipinski definition) is 1. The zero-order valence-electron chi connectivity index (χ0n) is 25.3. The lowest BCUT2D eigenvalue weighted by atomic mass is 10.00. The molecular formula is C36H23ClF3N7O2. The van der Waals surface area contributed by atoms with Gasteiger partial charge in [-0.15, -0.1) is 10.2 Å². The molecule has 1 atom stereocenters. The van der Waals surface area contributed by atoms with E-state index < -0.39 is 17.7 Å². The Morgan fingerprint density at radius 1 is 0.796 bits per heavy atom. The molecule has 0 aliphatic rings. The van der Waals surface area contributed by atoms with Gasteiger partial charge in [-0.3, -0.25) is 4.79 Å². The summed E-state index contributed by atoms with van der Waals surface area (Å²) in [6, 6.07) is 21.4. The van der Waals surface area contributed by atoms with Gasteiger partial charge < -0.3 is 14.3 Å².